The Bertz CT molecular complexity index is 859. The van der Waals surface area contributed by atoms with Gasteiger partial charge in [-0.15, -0.1) is 10.8 Å². The molecule has 3 rings (SSSR count). The van der Waals surface area contributed by atoms with Gasteiger partial charge < -0.3 is 5.32 Å². The molecule has 2 aromatic carbocycles. The summed E-state index contributed by atoms with van der Waals surface area (Å²) in [5, 5.41) is 8.05. The van der Waals surface area contributed by atoms with Crippen LogP contribution in [0, 0.1) is 0 Å². The van der Waals surface area contributed by atoms with E-state index < -0.39 is 27.0 Å². The first-order valence-corrected chi connectivity index (χ1v) is 9.89. The van der Waals surface area contributed by atoms with Gasteiger partial charge in [-0.3, -0.25) is 9.11 Å². The molecule has 0 spiro atoms. The topological polar surface area (TPSA) is 125 Å². The van der Waals surface area contributed by atoms with Gasteiger partial charge in [0.25, 0.3) is 0 Å². The molecule has 0 aromatic heterocycles. The van der Waals surface area contributed by atoms with Crippen molar-refractivity contribution < 1.29 is 17.5 Å². The molecule has 0 bridgehead atoms. The predicted octanol–water partition coefficient (Wildman–Crippen LogP) is 2.73. The van der Waals surface area contributed by atoms with Gasteiger partial charge in [0.05, 0.1) is 15.6 Å². The number of benzene rings is 2. The summed E-state index contributed by atoms with van der Waals surface area (Å²) in [5.74, 6) is 0. The fourth-order valence-corrected chi connectivity index (χ4v) is 4.84. The zero-order valence-corrected chi connectivity index (χ0v) is 14.0. The summed E-state index contributed by atoms with van der Waals surface area (Å²) in [6, 6.07) is 11.5. The van der Waals surface area contributed by atoms with Crippen LogP contribution in [0.2, 0.25) is 5.02 Å². The van der Waals surface area contributed by atoms with Gasteiger partial charge in [0.15, 0.2) is 0 Å². The third-order valence-electron chi connectivity index (χ3n) is 3.36. The average Bonchev–Trinajstić information content (AvgIpc) is 2.45. The molecule has 1 aliphatic heterocycles. The SMILES string of the molecule is NS(=O)(=O)c1cc2c(cc1Cl)NC(c1ccccc1)NS2(O)O. The molecule has 23 heavy (non-hydrogen) atoms. The minimum absolute atomic E-state index is 0.00175. The Kier molecular flexibility index (Phi) is 4.05. The highest BCUT2D eigenvalue weighted by Crippen LogP contribution is 2.54. The Labute approximate surface area is 140 Å². The lowest BCUT2D eigenvalue weighted by Gasteiger charge is -2.43. The molecule has 0 saturated heterocycles. The Morgan fingerprint density at radius 2 is 1.83 bits per heavy atom. The van der Waals surface area contributed by atoms with Crippen molar-refractivity contribution in [2.24, 2.45) is 5.14 Å². The molecule has 0 saturated carbocycles. The zero-order chi connectivity index (χ0) is 16.8. The molecule has 1 atom stereocenters. The summed E-state index contributed by atoms with van der Waals surface area (Å²) in [6.07, 6.45) is -0.565. The van der Waals surface area contributed by atoms with Crippen LogP contribution in [0.3, 0.4) is 0 Å². The summed E-state index contributed by atoms with van der Waals surface area (Å²) in [7, 11) is -7.51. The lowest BCUT2D eigenvalue weighted by Crippen LogP contribution is -2.35. The largest absolute Gasteiger partial charge is 0.363 e. The second-order valence-corrected chi connectivity index (χ2v) is 8.69. The van der Waals surface area contributed by atoms with Gasteiger partial charge in [-0.25, -0.2) is 13.6 Å². The minimum atomic E-state index is -4.08. The van der Waals surface area contributed by atoms with Crippen LogP contribution in [0.1, 0.15) is 11.7 Å². The molecule has 2 aromatic rings. The number of hydrogen-bond donors (Lipinski definition) is 5. The fraction of sp³-hybridized carbons (Fsp3) is 0.0769. The van der Waals surface area contributed by atoms with Gasteiger partial charge in [-0.05, 0) is 17.7 Å². The van der Waals surface area contributed by atoms with E-state index in [1.54, 1.807) is 0 Å². The first kappa shape index (κ1) is 16.5. The maximum Gasteiger partial charge on any atom is 0.239 e. The normalized spacial score (nSPS) is 21.1. The van der Waals surface area contributed by atoms with E-state index in [0.29, 0.717) is 5.69 Å². The van der Waals surface area contributed by atoms with E-state index in [1.807, 2.05) is 30.3 Å². The van der Waals surface area contributed by atoms with E-state index in [2.05, 4.69) is 10.0 Å². The van der Waals surface area contributed by atoms with Crippen LogP contribution >= 0.6 is 22.4 Å². The van der Waals surface area contributed by atoms with Crippen molar-refractivity contribution >= 4 is 38.1 Å². The van der Waals surface area contributed by atoms with Crippen molar-refractivity contribution in [3.05, 3.63) is 53.1 Å². The van der Waals surface area contributed by atoms with Crippen LogP contribution in [0.4, 0.5) is 5.69 Å². The van der Waals surface area contributed by atoms with Crippen LogP contribution < -0.4 is 15.2 Å². The number of sulfonamides is 1. The fourth-order valence-electron chi connectivity index (χ4n) is 2.31. The second-order valence-electron chi connectivity index (χ2n) is 4.98. The molecule has 10 heteroatoms. The Morgan fingerprint density at radius 1 is 1.17 bits per heavy atom. The molecule has 1 aliphatic rings. The van der Waals surface area contributed by atoms with Crippen LogP contribution in [0.5, 0.6) is 0 Å². The Morgan fingerprint density at radius 3 is 2.43 bits per heavy atom. The first-order chi connectivity index (χ1) is 10.7. The van der Waals surface area contributed by atoms with Crippen molar-refractivity contribution in [1.82, 2.24) is 4.72 Å². The predicted molar refractivity (Wildman–Crippen MR) is 89.9 cm³/mol. The molecule has 7 nitrogen and oxygen atoms in total. The van der Waals surface area contributed by atoms with Crippen molar-refractivity contribution in [2.45, 2.75) is 16.0 Å². The van der Waals surface area contributed by atoms with Crippen LogP contribution in [-0.4, -0.2) is 17.5 Å². The van der Waals surface area contributed by atoms with E-state index in [9.17, 15) is 17.5 Å². The van der Waals surface area contributed by atoms with Gasteiger partial charge in [0, 0.05) is 0 Å². The van der Waals surface area contributed by atoms with E-state index in [4.69, 9.17) is 16.7 Å². The number of primary sulfonamides is 1. The highest BCUT2D eigenvalue weighted by atomic mass is 35.5. The molecule has 6 N–H and O–H groups in total. The molecule has 124 valence electrons. The van der Waals surface area contributed by atoms with Crippen molar-refractivity contribution in [2.75, 3.05) is 5.32 Å². The van der Waals surface area contributed by atoms with Crippen LogP contribution in [-0.2, 0) is 10.0 Å². The van der Waals surface area contributed by atoms with Crippen molar-refractivity contribution in [3.8, 4) is 0 Å². The van der Waals surface area contributed by atoms with Crippen molar-refractivity contribution in [1.29, 1.82) is 0 Å². The van der Waals surface area contributed by atoms with Crippen molar-refractivity contribution in [3.63, 3.8) is 0 Å². The minimum Gasteiger partial charge on any atom is -0.363 e. The maximum absolute atomic E-state index is 11.5. The molecule has 0 aliphatic carbocycles. The third-order valence-corrected chi connectivity index (χ3v) is 6.25. The van der Waals surface area contributed by atoms with E-state index in [0.717, 1.165) is 11.6 Å². The smallest absolute Gasteiger partial charge is 0.239 e. The number of hydrogen-bond acceptors (Lipinski definition) is 6. The summed E-state index contributed by atoms with van der Waals surface area (Å²) < 4.78 is 46.4. The summed E-state index contributed by atoms with van der Waals surface area (Å²) in [5.41, 5.74) is 1.11. The van der Waals surface area contributed by atoms with Gasteiger partial charge in [0.1, 0.15) is 11.1 Å². The van der Waals surface area contributed by atoms with E-state index in [-0.39, 0.29) is 14.8 Å². The lowest BCUT2D eigenvalue weighted by atomic mass is 10.1. The Hall–Kier alpha value is -1.33. The van der Waals surface area contributed by atoms with E-state index >= 15 is 0 Å². The number of anilines is 1. The first-order valence-electron chi connectivity index (χ1n) is 6.42. The molecule has 1 heterocycles. The number of nitrogens with one attached hydrogen (secondary N) is 2. The average molecular weight is 376 g/mol. The molecule has 0 fully saturated rings. The quantitative estimate of drug-likeness (QED) is 0.549. The standard InChI is InChI=1S/C13H14ClN3O4S2/c14-9-6-10-12(7-11(9)22(15,18)19)23(20,21)17-13(16-10)8-4-2-1-3-5-8/h1-7,13,16-17,20-21H,(H2,15,18,19). The maximum atomic E-state index is 11.5. The molecular formula is C13H14ClN3O4S2. The molecule has 0 amide bonds. The summed E-state index contributed by atoms with van der Waals surface area (Å²) >= 11 is 5.96. The summed E-state index contributed by atoms with van der Waals surface area (Å²) in [6.45, 7) is 0. The number of halogens is 1. The molecule has 1 unspecified atom stereocenters. The number of fused-ring (bicyclic) bond motifs is 1. The Balaban J connectivity index is 2.11. The van der Waals surface area contributed by atoms with Gasteiger partial charge in [-0.2, -0.15) is 4.72 Å². The summed E-state index contributed by atoms with van der Waals surface area (Å²) in [4.78, 5) is -0.363. The van der Waals surface area contributed by atoms with Gasteiger partial charge in [0.2, 0.25) is 10.0 Å². The number of rotatable bonds is 2. The monoisotopic (exact) mass is 375 g/mol. The highest BCUT2D eigenvalue weighted by molar-refractivity contribution is 8.22. The lowest BCUT2D eigenvalue weighted by molar-refractivity contribution is 0.454. The highest BCUT2D eigenvalue weighted by Gasteiger charge is 2.32. The van der Waals surface area contributed by atoms with Gasteiger partial charge >= 0.3 is 0 Å². The third kappa shape index (κ3) is 3.17. The van der Waals surface area contributed by atoms with Gasteiger partial charge in [-0.1, -0.05) is 41.9 Å². The molecular weight excluding hydrogens is 362 g/mol. The molecule has 0 radical (unpaired) electrons. The zero-order valence-electron chi connectivity index (χ0n) is 11.6. The second kappa shape index (κ2) is 5.64. The van der Waals surface area contributed by atoms with E-state index in [1.165, 1.54) is 6.07 Å². The number of nitrogens with two attached hydrogens (primary N) is 1. The van der Waals surface area contributed by atoms with Crippen LogP contribution in [0.15, 0.2) is 52.3 Å². The van der Waals surface area contributed by atoms with Crippen LogP contribution in [0.25, 0.3) is 0 Å².